The third kappa shape index (κ3) is 3.84. The van der Waals surface area contributed by atoms with Gasteiger partial charge in [-0.3, -0.25) is 0 Å². The first-order valence-corrected chi connectivity index (χ1v) is 6.55. The number of aliphatic hydroxyl groups excluding tert-OH is 1. The Kier molecular flexibility index (Phi) is 5.85. The molecule has 0 aliphatic heterocycles. The third-order valence-electron chi connectivity index (χ3n) is 2.94. The van der Waals surface area contributed by atoms with Crippen LogP contribution in [0.15, 0.2) is 6.07 Å². The second kappa shape index (κ2) is 7.16. The normalized spacial score (nSPS) is 10.5. The average molecular weight is 252 g/mol. The van der Waals surface area contributed by atoms with E-state index in [2.05, 4.69) is 33.6 Å². The molecule has 1 aromatic heterocycles. The third-order valence-corrected chi connectivity index (χ3v) is 2.94. The predicted molar refractivity (Wildman–Crippen MR) is 75.3 cm³/mol. The molecule has 5 heteroatoms. The van der Waals surface area contributed by atoms with Crippen LogP contribution in [0.4, 0.5) is 11.6 Å². The maximum absolute atomic E-state index is 8.87. The van der Waals surface area contributed by atoms with E-state index in [1.807, 2.05) is 20.0 Å². The lowest BCUT2D eigenvalue weighted by Crippen LogP contribution is -2.25. The maximum atomic E-state index is 8.87. The molecule has 0 aliphatic carbocycles. The zero-order valence-corrected chi connectivity index (χ0v) is 11.8. The quantitative estimate of drug-likeness (QED) is 0.796. The van der Waals surface area contributed by atoms with E-state index >= 15 is 0 Å². The van der Waals surface area contributed by atoms with Gasteiger partial charge in [-0.1, -0.05) is 0 Å². The first kappa shape index (κ1) is 14.7. The largest absolute Gasteiger partial charge is 0.396 e. The van der Waals surface area contributed by atoms with Crippen LogP contribution in [0.2, 0.25) is 0 Å². The Morgan fingerprint density at radius 3 is 2.33 bits per heavy atom. The summed E-state index contributed by atoms with van der Waals surface area (Å²) in [6, 6.07) is 2.01. The lowest BCUT2D eigenvalue weighted by atomic mass is 10.3. The second-order valence-corrected chi connectivity index (χ2v) is 4.30. The van der Waals surface area contributed by atoms with Gasteiger partial charge in [0, 0.05) is 39.4 Å². The molecule has 1 rings (SSSR count). The fraction of sp³-hybridized carbons (Fsp3) is 0.692. The van der Waals surface area contributed by atoms with Gasteiger partial charge in [0.2, 0.25) is 0 Å². The highest BCUT2D eigenvalue weighted by Crippen LogP contribution is 2.18. The summed E-state index contributed by atoms with van der Waals surface area (Å²) in [6.07, 6.45) is 0.750. The number of hydrogen-bond donors (Lipinski definition) is 1. The van der Waals surface area contributed by atoms with Crippen molar-refractivity contribution in [2.24, 2.45) is 0 Å². The Hall–Kier alpha value is -1.36. The second-order valence-electron chi connectivity index (χ2n) is 4.30. The molecule has 0 unspecified atom stereocenters. The van der Waals surface area contributed by atoms with Gasteiger partial charge in [0.25, 0.3) is 0 Å². The van der Waals surface area contributed by atoms with Crippen LogP contribution >= 0.6 is 0 Å². The highest BCUT2D eigenvalue weighted by atomic mass is 16.3. The van der Waals surface area contributed by atoms with E-state index in [-0.39, 0.29) is 6.61 Å². The summed E-state index contributed by atoms with van der Waals surface area (Å²) in [5, 5.41) is 8.87. The monoisotopic (exact) mass is 252 g/mol. The van der Waals surface area contributed by atoms with Crippen molar-refractivity contribution < 1.29 is 5.11 Å². The summed E-state index contributed by atoms with van der Waals surface area (Å²) in [4.78, 5) is 13.2. The van der Waals surface area contributed by atoms with E-state index in [9.17, 15) is 0 Å². The molecule has 0 fully saturated rings. The van der Waals surface area contributed by atoms with Gasteiger partial charge < -0.3 is 14.9 Å². The highest BCUT2D eigenvalue weighted by Gasteiger charge is 2.09. The van der Waals surface area contributed by atoms with Gasteiger partial charge in [-0.15, -0.1) is 0 Å². The van der Waals surface area contributed by atoms with Gasteiger partial charge >= 0.3 is 0 Å². The molecule has 0 aliphatic rings. The van der Waals surface area contributed by atoms with E-state index in [4.69, 9.17) is 5.11 Å². The topological polar surface area (TPSA) is 52.5 Å². The SMILES string of the molecule is CCN(CC)c1cc(N(C)CCCO)nc(C)n1. The first-order valence-electron chi connectivity index (χ1n) is 6.55. The van der Waals surface area contributed by atoms with Crippen molar-refractivity contribution in [2.45, 2.75) is 27.2 Å². The zero-order chi connectivity index (χ0) is 13.5. The molecule has 0 amide bonds. The van der Waals surface area contributed by atoms with Gasteiger partial charge in [-0.2, -0.15) is 0 Å². The summed E-state index contributed by atoms with van der Waals surface area (Å²) >= 11 is 0. The Bertz CT molecular complexity index is 366. The molecular formula is C13H24N4O. The number of aromatic nitrogens is 2. The zero-order valence-electron chi connectivity index (χ0n) is 11.8. The van der Waals surface area contributed by atoms with Crippen LogP contribution in [0.3, 0.4) is 0 Å². The summed E-state index contributed by atoms with van der Waals surface area (Å²) in [5.41, 5.74) is 0. The van der Waals surface area contributed by atoms with Crippen molar-refractivity contribution >= 4 is 11.6 Å². The van der Waals surface area contributed by atoms with E-state index in [1.54, 1.807) is 0 Å². The summed E-state index contributed by atoms with van der Waals surface area (Å²) in [5.74, 6) is 2.67. The van der Waals surface area contributed by atoms with Crippen LogP contribution < -0.4 is 9.80 Å². The van der Waals surface area contributed by atoms with Gasteiger partial charge in [0.05, 0.1) is 0 Å². The fourth-order valence-electron chi connectivity index (χ4n) is 1.86. The molecule has 18 heavy (non-hydrogen) atoms. The van der Waals surface area contributed by atoms with Crippen LogP contribution in [0.25, 0.3) is 0 Å². The fourth-order valence-corrected chi connectivity index (χ4v) is 1.86. The standard InChI is InChI=1S/C13H24N4O/c1-5-17(6-2)13-10-12(14-11(3)15-13)16(4)8-7-9-18/h10,18H,5-9H2,1-4H3. The first-order chi connectivity index (χ1) is 8.62. The Balaban J connectivity index is 2.92. The van der Waals surface area contributed by atoms with Crippen molar-refractivity contribution in [3.05, 3.63) is 11.9 Å². The Labute approximate surface area is 109 Å². The lowest BCUT2D eigenvalue weighted by Gasteiger charge is -2.23. The molecule has 0 spiro atoms. The number of aryl methyl sites for hydroxylation is 1. The van der Waals surface area contributed by atoms with Crippen molar-refractivity contribution in [2.75, 3.05) is 43.1 Å². The van der Waals surface area contributed by atoms with Crippen molar-refractivity contribution in [1.29, 1.82) is 0 Å². The van der Waals surface area contributed by atoms with Crippen LogP contribution in [0.1, 0.15) is 26.1 Å². The van der Waals surface area contributed by atoms with Gasteiger partial charge in [-0.05, 0) is 27.2 Å². The number of anilines is 2. The number of nitrogens with zero attached hydrogens (tertiary/aromatic N) is 4. The van der Waals surface area contributed by atoms with Crippen LogP contribution in [0, 0.1) is 6.92 Å². The molecule has 0 saturated carbocycles. The van der Waals surface area contributed by atoms with E-state index in [0.717, 1.165) is 43.5 Å². The van der Waals surface area contributed by atoms with Crippen LogP contribution in [-0.4, -0.2) is 48.4 Å². The number of rotatable bonds is 7. The van der Waals surface area contributed by atoms with Crippen LogP contribution in [0.5, 0.6) is 0 Å². The smallest absolute Gasteiger partial charge is 0.134 e. The summed E-state index contributed by atoms with van der Waals surface area (Å²) < 4.78 is 0. The molecule has 0 radical (unpaired) electrons. The molecule has 102 valence electrons. The van der Waals surface area contributed by atoms with E-state index in [0.29, 0.717) is 0 Å². The maximum Gasteiger partial charge on any atom is 0.134 e. The number of hydrogen-bond acceptors (Lipinski definition) is 5. The van der Waals surface area contributed by atoms with Gasteiger partial charge in [0.1, 0.15) is 17.5 Å². The highest BCUT2D eigenvalue weighted by molar-refractivity contribution is 5.50. The van der Waals surface area contributed by atoms with Crippen molar-refractivity contribution in [3.63, 3.8) is 0 Å². The van der Waals surface area contributed by atoms with Gasteiger partial charge in [-0.25, -0.2) is 9.97 Å². The molecule has 1 aromatic rings. The van der Waals surface area contributed by atoms with E-state index in [1.165, 1.54) is 0 Å². The minimum absolute atomic E-state index is 0.206. The Morgan fingerprint density at radius 2 is 1.78 bits per heavy atom. The van der Waals surface area contributed by atoms with Gasteiger partial charge in [0.15, 0.2) is 0 Å². The van der Waals surface area contributed by atoms with Crippen molar-refractivity contribution in [1.82, 2.24) is 9.97 Å². The predicted octanol–water partition coefficient (Wildman–Crippen LogP) is 1.45. The lowest BCUT2D eigenvalue weighted by molar-refractivity contribution is 0.290. The number of aliphatic hydroxyl groups is 1. The summed E-state index contributed by atoms with van der Waals surface area (Å²) in [6.45, 7) is 9.03. The van der Waals surface area contributed by atoms with Crippen molar-refractivity contribution in [3.8, 4) is 0 Å². The molecule has 0 saturated heterocycles. The molecule has 0 bridgehead atoms. The average Bonchev–Trinajstić information content (AvgIpc) is 2.36. The molecular weight excluding hydrogens is 228 g/mol. The molecule has 0 atom stereocenters. The molecule has 1 heterocycles. The van der Waals surface area contributed by atoms with Crippen LogP contribution in [-0.2, 0) is 0 Å². The summed E-state index contributed by atoms with van der Waals surface area (Å²) in [7, 11) is 1.99. The molecule has 5 nitrogen and oxygen atoms in total. The Morgan fingerprint density at radius 1 is 1.17 bits per heavy atom. The minimum Gasteiger partial charge on any atom is -0.396 e. The molecule has 0 aromatic carbocycles. The molecule has 1 N–H and O–H groups in total. The minimum atomic E-state index is 0.206. The van der Waals surface area contributed by atoms with E-state index < -0.39 is 0 Å².